The third-order valence-electron chi connectivity index (χ3n) is 3.44. The third-order valence-corrected chi connectivity index (χ3v) is 4.35. The molecule has 0 radical (unpaired) electrons. The van der Waals surface area contributed by atoms with E-state index in [4.69, 9.17) is 4.42 Å². The van der Waals surface area contributed by atoms with Crippen molar-refractivity contribution in [2.45, 2.75) is 19.7 Å². The molecule has 0 aliphatic carbocycles. The van der Waals surface area contributed by atoms with E-state index in [1.54, 1.807) is 6.26 Å². The van der Waals surface area contributed by atoms with E-state index in [-0.39, 0.29) is 12.6 Å². The van der Waals surface area contributed by atoms with E-state index in [1.807, 2.05) is 41.8 Å². The Morgan fingerprint density at radius 2 is 1.92 bits per heavy atom. The van der Waals surface area contributed by atoms with Crippen molar-refractivity contribution in [3.05, 3.63) is 64.9 Å². The maximum atomic E-state index is 11.9. The molecule has 2 heterocycles. The number of aliphatic hydroxyl groups excluding tert-OH is 1. The molecule has 0 saturated heterocycles. The van der Waals surface area contributed by atoms with Gasteiger partial charge < -0.3 is 20.2 Å². The van der Waals surface area contributed by atoms with Gasteiger partial charge in [-0.15, -0.1) is 11.3 Å². The number of carbonyl (C=O) groups is 1. The zero-order valence-electron chi connectivity index (χ0n) is 12.9. The van der Waals surface area contributed by atoms with Crippen LogP contribution in [0.15, 0.2) is 52.5 Å². The van der Waals surface area contributed by atoms with Crippen molar-refractivity contribution in [1.29, 1.82) is 0 Å². The topological polar surface area (TPSA) is 87.4 Å². The second-order valence-electron chi connectivity index (χ2n) is 5.08. The van der Waals surface area contributed by atoms with Crippen LogP contribution < -0.4 is 10.6 Å². The molecule has 1 aromatic carbocycles. The van der Waals surface area contributed by atoms with E-state index >= 15 is 0 Å². The number of nitrogens with zero attached hydrogens (tertiary/aromatic N) is 1. The van der Waals surface area contributed by atoms with Crippen LogP contribution in [0.4, 0.5) is 4.79 Å². The lowest BCUT2D eigenvalue weighted by atomic mass is 10.1. The first-order valence-electron chi connectivity index (χ1n) is 7.44. The Balaban J connectivity index is 1.49. The lowest BCUT2D eigenvalue weighted by Gasteiger charge is -2.09. The van der Waals surface area contributed by atoms with Crippen LogP contribution in [0.3, 0.4) is 0 Å². The minimum Gasteiger partial charge on any atom is -0.462 e. The molecule has 124 valence electrons. The highest BCUT2D eigenvalue weighted by molar-refractivity contribution is 7.13. The van der Waals surface area contributed by atoms with Gasteiger partial charge in [-0.2, -0.15) is 0 Å². The van der Waals surface area contributed by atoms with Crippen molar-refractivity contribution in [3.8, 4) is 10.8 Å². The van der Waals surface area contributed by atoms with Crippen LogP contribution in [0, 0.1) is 0 Å². The Kier molecular flexibility index (Phi) is 5.25. The molecule has 0 bridgehead atoms. The monoisotopic (exact) mass is 343 g/mol. The van der Waals surface area contributed by atoms with Crippen LogP contribution in [-0.4, -0.2) is 16.1 Å². The minimum absolute atomic E-state index is 0.0478. The molecule has 2 amide bonds. The molecule has 2 aromatic heterocycles. The van der Waals surface area contributed by atoms with Gasteiger partial charge in [0.15, 0.2) is 10.8 Å². The molecule has 0 aliphatic rings. The summed E-state index contributed by atoms with van der Waals surface area (Å²) in [4.78, 5) is 16.3. The quantitative estimate of drug-likeness (QED) is 0.642. The van der Waals surface area contributed by atoms with Gasteiger partial charge in [-0.05, 0) is 23.3 Å². The van der Waals surface area contributed by atoms with Crippen molar-refractivity contribution >= 4 is 17.4 Å². The molecule has 0 aliphatic heterocycles. The zero-order valence-corrected chi connectivity index (χ0v) is 13.7. The predicted octanol–water partition coefficient (Wildman–Crippen LogP) is 2.89. The standard InChI is InChI=1S/C17H17N3O3S/c21-10-13-5-2-1-4-12(13)8-18-17(22)19-9-14-11-24-16(20-14)15-6-3-7-23-15/h1-7,11,21H,8-10H2,(H2,18,19,22). The van der Waals surface area contributed by atoms with Gasteiger partial charge in [0.1, 0.15) is 0 Å². The Hall–Kier alpha value is -2.64. The van der Waals surface area contributed by atoms with E-state index in [1.165, 1.54) is 11.3 Å². The zero-order chi connectivity index (χ0) is 16.8. The van der Waals surface area contributed by atoms with Gasteiger partial charge in [0.2, 0.25) is 0 Å². The molecule has 0 spiro atoms. The number of amides is 2. The number of benzene rings is 1. The normalized spacial score (nSPS) is 10.5. The fraction of sp³-hybridized carbons (Fsp3) is 0.176. The van der Waals surface area contributed by atoms with Crippen molar-refractivity contribution in [1.82, 2.24) is 15.6 Å². The number of hydrogen-bond acceptors (Lipinski definition) is 5. The van der Waals surface area contributed by atoms with Gasteiger partial charge in [0.25, 0.3) is 0 Å². The van der Waals surface area contributed by atoms with Crippen LogP contribution >= 0.6 is 11.3 Å². The summed E-state index contributed by atoms with van der Waals surface area (Å²) >= 11 is 1.47. The van der Waals surface area contributed by atoms with Crippen LogP contribution in [0.5, 0.6) is 0 Å². The number of nitrogens with one attached hydrogen (secondary N) is 2. The largest absolute Gasteiger partial charge is 0.462 e. The minimum atomic E-state index is -0.282. The molecule has 0 fully saturated rings. The van der Waals surface area contributed by atoms with Crippen LogP contribution in [0.25, 0.3) is 10.8 Å². The lowest BCUT2D eigenvalue weighted by molar-refractivity contribution is 0.239. The fourth-order valence-electron chi connectivity index (χ4n) is 2.19. The molecule has 3 aromatic rings. The Morgan fingerprint density at radius 3 is 2.67 bits per heavy atom. The second kappa shape index (κ2) is 7.76. The maximum Gasteiger partial charge on any atom is 0.315 e. The summed E-state index contributed by atoms with van der Waals surface area (Å²) in [6.45, 7) is 0.649. The molecule has 3 rings (SSSR count). The summed E-state index contributed by atoms with van der Waals surface area (Å²) in [6, 6.07) is 10.8. The van der Waals surface area contributed by atoms with Gasteiger partial charge >= 0.3 is 6.03 Å². The van der Waals surface area contributed by atoms with Crippen LogP contribution in [0.2, 0.25) is 0 Å². The predicted molar refractivity (Wildman–Crippen MR) is 91.3 cm³/mol. The van der Waals surface area contributed by atoms with E-state index in [2.05, 4.69) is 15.6 Å². The first kappa shape index (κ1) is 16.2. The van der Waals surface area contributed by atoms with Crippen molar-refractivity contribution in [2.75, 3.05) is 0 Å². The van der Waals surface area contributed by atoms with Gasteiger partial charge in [0.05, 0.1) is 25.1 Å². The van der Waals surface area contributed by atoms with E-state index in [9.17, 15) is 9.90 Å². The molecule has 6 nitrogen and oxygen atoms in total. The Labute approximate surface area is 143 Å². The van der Waals surface area contributed by atoms with Gasteiger partial charge in [0, 0.05) is 11.9 Å². The number of rotatable bonds is 6. The highest BCUT2D eigenvalue weighted by atomic mass is 32.1. The molecular formula is C17H17N3O3S. The molecule has 0 unspecified atom stereocenters. The molecule has 7 heteroatoms. The summed E-state index contributed by atoms with van der Waals surface area (Å²) in [5.74, 6) is 0.719. The lowest BCUT2D eigenvalue weighted by Crippen LogP contribution is -2.34. The van der Waals surface area contributed by atoms with Gasteiger partial charge in [-0.1, -0.05) is 24.3 Å². The second-order valence-corrected chi connectivity index (χ2v) is 5.94. The molecule has 3 N–H and O–H groups in total. The smallest absolute Gasteiger partial charge is 0.315 e. The Morgan fingerprint density at radius 1 is 1.12 bits per heavy atom. The third kappa shape index (κ3) is 4.01. The molecule has 24 heavy (non-hydrogen) atoms. The maximum absolute atomic E-state index is 11.9. The Bertz CT molecular complexity index is 799. The first-order valence-corrected chi connectivity index (χ1v) is 8.32. The average Bonchev–Trinajstić information content (AvgIpc) is 3.29. The number of urea groups is 1. The van der Waals surface area contributed by atoms with Crippen molar-refractivity contribution in [2.24, 2.45) is 0 Å². The summed E-state index contributed by atoms with van der Waals surface area (Å²) in [6.07, 6.45) is 1.60. The van der Waals surface area contributed by atoms with E-state index in [0.29, 0.717) is 13.1 Å². The van der Waals surface area contributed by atoms with Gasteiger partial charge in [-0.3, -0.25) is 0 Å². The molecular weight excluding hydrogens is 326 g/mol. The highest BCUT2D eigenvalue weighted by Crippen LogP contribution is 2.23. The summed E-state index contributed by atoms with van der Waals surface area (Å²) in [5.41, 5.74) is 2.47. The number of hydrogen-bond donors (Lipinski definition) is 3. The number of aliphatic hydroxyl groups is 1. The molecule has 0 atom stereocenters. The summed E-state index contributed by atoms with van der Waals surface area (Å²) in [5, 5.41) is 17.5. The molecule has 0 saturated carbocycles. The van der Waals surface area contributed by atoms with Crippen molar-refractivity contribution in [3.63, 3.8) is 0 Å². The number of carbonyl (C=O) groups excluding carboxylic acids is 1. The first-order chi connectivity index (χ1) is 11.8. The van der Waals surface area contributed by atoms with E-state index < -0.39 is 0 Å². The summed E-state index contributed by atoms with van der Waals surface area (Å²) in [7, 11) is 0. The summed E-state index contributed by atoms with van der Waals surface area (Å²) < 4.78 is 5.30. The van der Waals surface area contributed by atoms with Gasteiger partial charge in [-0.25, -0.2) is 9.78 Å². The number of aromatic nitrogens is 1. The number of furan rings is 1. The van der Waals surface area contributed by atoms with Crippen LogP contribution in [-0.2, 0) is 19.7 Å². The van der Waals surface area contributed by atoms with Crippen LogP contribution in [0.1, 0.15) is 16.8 Å². The highest BCUT2D eigenvalue weighted by Gasteiger charge is 2.08. The van der Waals surface area contributed by atoms with Crippen molar-refractivity contribution < 1.29 is 14.3 Å². The SMILES string of the molecule is O=C(NCc1csc(-c2ccco2)n1)NCc1ccccc1CO. The number of thiazole rings is 1. The van der Waals surface area contributed by atoms with E-state index in [0.717, 1.165) is 27.6 Å². The average molecular weight is 343 g/mol. The fourth-order valence-corrected chi connectivity index (χ4v) is 2.98.